The zero-order valence-electron chi connectivity index (χ0n) is 14.5. The van der Waals surface area contributed by atoms with E-state index in [2.05, 4.69) is 27.8 Å². The lowest BCUT2D eigenvalue weighted by Gasteiger charge is -2.38. The molecule has 2 N–H and O–H groups in total. The Morgan fingerprint density at radius 1 is 1.41 bits per heavy atom. The van der Waals surface area contributed by atoms with E-state index in [0.29, 0.717) is 30.0 Å². The molecule has 1 saturated heterocycles. The second kappa shape index (κ2) is 6.57. The largest absolute Gasteiger partial charge is 0.507 e. The van der Waals surface area contributed by atoms with Gasteiger partial charge in [-0.1, -0.05) is 18.7 Å². The van der Waals surface area contributed by atoms with Gasteiger partial charge in [0.1, 0.15) is 5.75 Å². The highest BCUT2D eigenvalue weighted by molar-refractivity contribution is 5.88. The van der Waals surface area contributed by atoms with Crippen molar-refractivity contribution in [2.75, 3.05) is 13.1 Å². The molecule has 0 radical (unpaired) electrons. The third kappa shape index (κ3) is 2.81. The summed E-state index contributed by atoms with van der Waals surface area (Å²) in [5, 5.41) is 28.6. The number of carbonyl (C=O) groups is 1. The number of phenols is 1. The van der Waals surface area contributed by atoms with Gasteiger partial charge in [-0.15, -0.1) is 10.2 Å². The number of aromatic amines is 1. The highest BCUT2D eigenvalue weighted by atomic mass is 16.3. The maximum absolute atomic E-state index is 11.7. The highest BCUT2D eigenvalue weighted by Gasteiger charge is 2.33. The standard InChI is InChI=1S/C20H17N5O2/c1-2-18(27)25-10-12(11-25)19-13(7-8-21)15-9-16(23-24-20(15)22-19)14-5-3-4-6-17(14)26/h2-6,9,12,26H,1,7,10-11H2,(H,22,24). The van der Waals surface area contributed by atoms with Crippen molar-refractivity contribution in [3.8, 4) is 23.1 Å². The van der Waals surface area contributed by atoms with Crippen molar-refractivity contribution in [1.82, 2.24) is 20.1 Å². The van der Waals surface area contributed by atoms with Crippen molar-refractivity contribution in [2.24, 2.45) is 0 Å². The number of phenolic OH excluding ortho intramolecular Hbond substituents is 1. The molecule has 4 rings (SSSR count). The number of nitrogens with one attached hydrogen (secondary N) is 1. The second-order valence-electron chi connectivity index (χ2n) is 6.51. The van der Waals surface area contributed by atoms with Gasteiger partial charge in [-0.05, 0) is 29.8 Å². The maximum Gasteiger partial charge on any atom is 0.245 e. The third-order valence-electron chi connectivity index (χ3n) is 4.91. The smallest absolute Gasteiger partial charge is 0.245 e. The molecule has 0 unspecified atom stereocenters. The molecule has 1 amide bonds. The molecule has 0 bridgehead atoms. The molecule has 1 aromatic carbocycles. The van der Waals surface area contributed by atoms with E-state index in [9.17, 15) is 15.2 Å². The molecule has 0 saturated carbocycles. The van der Waals surface area contributed by atoms with Gasteiger partial charge < -0.3 is 15.0 Å². The van der Waals surface area contributed by atoms with Crippen LogP contribution in [0.5, 0.6) is 5.75 Å². The van der Waals surface area contributed by atoms with Gasteiger partial charge in [0.25, 0.3) is 0 Å². The average Bonchev–Trinajstić information content (AvgIpc) is 2.98. The van der Waals surface area contributed by atoms with Crippen LogP contribution in [0.25, 0.3) is 22.3 Å². The minimum absolute atomic E-state index is 0.0918. The normalized spacial score (nSPS) is 14.0. The van der Waals surface area contributed by atoms with Crippen LogP contribution in [0.15, 0.2) is 43.0 Å². The number of rotatable bonds is 4. The summed E-state index contributed by atoms with van der Waals surface area (Å²) in [6, 6.07) is 11.0. The Kier molecular flexibility index (Phi) is 4.09. The van der Waals surface area contributed by atoms with Gasteiger partial charge in [0.15, 0.2) is 5.65 Å². The Labute approximate surface area is 155 Å². The zero-order valence-corrected chi connectivity index (χ0v) is 14.5. The van der Waals surface area contributed by atoms with Crippen molar-refractivity contribution in [2.45, 2.75) is 12.3 Å². The van der Waals surface area contributed by atoms with E-state index in [0.717, 1.165) is 16.6 Å². The highest BCUT2D eigenvalue weighted by Crippen LogP contribution is 2.35. The molecule has 1 aliphatic heterocycles. The SMILES string of the molecule is C=CC(=O)N1CC(c2[nH]c3nnc(-c4ccccc4O)cc3c2CC#N)C1. The molecule has 1 fully saturated rings. The molecule has 0 atom stereocenters. The number of hydrogen-bond donors (Lipinski definition) is 2. The van der Waals surface area contributed by atoms with Gasteiger partial charge in [0, 0.05) is 35.7 Å². The lowest BCUT2D eigenvalue weighted by molar-refractivity contribution is -0.130. The van der Waals surface area contributed by atoms with Crippen molar-refractivity contribution in [3.05, 3.63) is 54.2 Å². The van der Waals surface area contributed by atoms with Crippen LogP contribution in [0.2, 0.25) is 0 Å². The Hall–Kier alpha value is -3.66. The number of para-hydroxylation sites is 1. The van der Waals surface area contributed by atoms with Crippen LogP contribution in [0.3, 0.4) is 0 Å². The van der Waals surface area contributed by atoms with Gasteiger partial charge in [0.2, 0.25) is 5.91 Å². The monoisotopic (exact) mass is 359 g/mol. The number of amides is 1. The Morgan fingerprint density at radius 2 is 2.19 bits per heavy atom. The number of likely N-dealkylation sites (tertiary alicyclic amines) is 1. The maximum atomic E-state index is 11.7. The Morgan fingerprint density at radius 3 is 2.89 bits per heavy atom. The number of H-pyrrole nitrogens is 1. The van der Waals surface area contributed by atoms with Crippen LogP contribution in [0.1, 0.15) is 17.2 Å². The van der Waals surface area contributed by atoms with Crippen molar-refractivity contribution in [1.29, 1.82) is 5.26 Å². The minimum atomic E-state index is -0.0918. The number of fused-ring (bicyclic) bond motifs is 1. The van der Waals surface area contributed by atoms with Crippen LogP contribution in [-0.4, -0.2) is 44.2 Å². The predicted molar refractivity (Wildman–Crippen MR) is 99.8 cm³/mol. The summed E-state index contributed by atoms with van der Waals surface area (Å²) < 4.78 is 0. The molecular weight excluding hydrogens is 342 g/mol. The van der Waals surface area contributed by atoms with Gasteiger partial charge >= 0.3 is 0 Å². The molecule has 134 valence electrons. The molecule has 2 aromatic heterocycles. The van der Waals surface area contributed by atoms with E-state index in [-0.39, 0.29) is 24.0 Å². The van der Waals surface area contributed by atoms with Gasteiger partial charge in [-0.3, -0.25) is 4.79 Å². The van der Waals surface area contributed by atoms with E-state index < -0.39 is 0 Å². The van der Waals surface area contributed by atoms with Crippen molar-refractivity contribution >= 4 is 16.9 Å². The van der Waals surface area contributed by atoms with Gasteiger partial charge in [-0.2, -0.15) is 5.26 Å². The molecule has 7 nitrogen and oxygen atoms in total. The number of aromatic hydroxyl groups is 1. The van der Waals surface area contributed by atoms with Crippen molar-refractivity contribution in [3.63, 3.8) is 0 Å². The summed E-state index contributed by atoms with van der Waals surface area (Å²) in [6.45, 7) is 4.67. The van der Waals surface area contributed by atoms with Crippen LogP contribution < -0.4 is 0 Å². The summed E-state index contributed by atoms with van der Waals surface area (Å²) in [6.07, 6.45) is 1.54. The molecule has 0 aliphatic carbocycles. The van der Waals surface area contributed by atoms with E-state index in [1.165, 1.54) is 6.08 Å². The van der Waals surface area contributed by atoms with E-state index >= 15 is 0 Å². The number of carbonyl (C=O) groups excluding carboxylic acids is 1. The number of hydrogen-bond acceptors (Lipinski definition) is 5. The fourth-order valence-electron chi connectivity index (χ4n) is 3.47. The predicted octanol–water partition coefficient (Wildman–Crippen LogP) is 2.51. The molecule has 3 aromatic rings. The summed E-state index contributed by atoms with van der Waals surface area (Å²) in [4.78, 5) is 16.7. The molecule has 27 heavy (non-hydrogen) atoms. The summed E-state index contributed by atoms with van der Waals surface area (Å²) in [5.74, 6) is 0.159. The van der Waals surface area contributed by atoms with E-state index in [1.54, 1.807) is 23.1 Å². The number of nitrogens with zero attached hydrogens (tertiary/aromatic N) is 4. The Balaban J connectivity index is 1.75. The summed E-state index contributed by atoms with van der Waals surface area (Å²) in [5.41, 5.74) is 3.52. The Bertz CT molecular complexity index is 1090. The average molecular weight is 359 g/mol. The number of aromatic nitrogens is 3. The zero-order chi connectivity index (χ0) is 19.0. The quantitative estimate of drug-likeness (QED) is 0.696. The first-order chi connectivity index (χ1) is 13.1. The summed E-state index contributed by atoms with van der Waals surface area (Å²) >= 11 is 0. The number of benzene rings is 1. The second-order valence-corrected chi connectivity index (χ2v) is 6.51. The molecule has 0 spiro atoms. The van der Waals surface area contributed by atoms with Crippen LogP contribution in [0, 0.1) is 11.3 Å². The van der Waals surface area contributed by atoms with Crippen LogP contribution >= 0.6 is 0 Å². The first kappa shape index (κ1) is 16.8. The number of nitriles is 1. The van der Waals surface area contributed by atoms with Gasteiger partial charge in [-0.25, -0.2) is 0 Å². The molecule has 3 heterocycles. The van der Waals surface area contributed by atoms with E-state index in [4.69, 9.17) is 0 Å². The first-order valence-electron chi connectivity index (χ1n) is 8.57. The molecule has 1 aliphatic rings. The van der Waals surface area contributed by atoms with E-state index in [1.807, 2.05) is 12.1 Å². The molecule has 7 heteroatoms. The van der Waals surface area contributed by atoms with Crippen LogP contribution in [0.4, 0.5) is 0 Å². The van der Waals surface area contributed by atoms with Crippen molar-refractivity contribution < 1.29 is 9.90 Å². The lowest BCUT2D eigenvalue weighted by atomic mass is 9.92. The third-order valence-corrected chi connectivity index (χ3v) is 4.91. The van der Waals surface area contributed by atoms with Gasteiger partial charge in [0.05, 0.1) is 18.2 Å². The fourth-order valence-corrected chi connectivity index (χ4v) is 3.47. The minimum Gasteiger partial charge on any atom is -0.507 e. The fraction of sp³-hybridized carbons (Fsp3) is 0.200. The lowest BCUT2D eigenvalue weighted by Crippen LogP contribution is -2.48. The molecular formula is C20H17N5O2. The summed E-state index contributed by atoms with van der Waals surface area (Å²) in [7, 11) is 0. The topological polar surface area (TPSA) is 106 Å². The first-order valence-corrected chi connectivity index (χ1v) is 8.57. The van der Waals surface area contributed by atoms with Crippen LogP contribution in [-0.2, 0) is 11.2 Å².